The number of benzene rings is 4. The third kappa shape index (κ3) is 8.24. The summed E-state index contributed by atoms with van der Waals surface area (Å²) < 4.78 is 175. The molecule has 1 atom stereocenters. The molecule has 0 aliphatic heterocycles. The molecule has 1 unspecified atom stereocenters. The lowest BCUT2D eigenvalue weighted by Crippen LogP contribution is -2.55. The fourth-order valence-electron chi connectivity index (χ4n) is 6.07. The smallest absolute Gasteiger partial charge is 0.417 e. The van der Waals surface area contributed by atoms with Gasteiger partial charge in [-0.2, -0.15) is 52.7 Å². The molecular formula is C37H26F12N2O6. The highest BCUT2D eigenvalue weighted by Crippen LogP contribution is 2.57. The van der Waals surface area contributed by atoms with E-state index in [4.69, 9.17) is 5.73 Å². The fourth-order valence-corrected chi connectivity index (χ4v) is 6.07. The molecule has 5 N–H and O–H groups in total. The highest BCUT2D eigenvalue weighted by Gasteiger charge is 2.72. The molecule has 8 nitrogen and oxygen atoms in total. The van der Waals surface area contributed by atoms with Gasteiger partial charge in [-0.1, -0.05) is 38.1 Å². The van der Waals surface area contributed by atoms with Gasteiger partial charge in [-0.25, -0.2) is 9.59 Å². The lowest BCUT2D eigenvalue weighted by atomic mass is 9.71. The predicted octanol–water partition coefficient (Wildman–Crippen LogP) is 10.3. The first-order valence-corrected chi connectivity index (χ1v) is 16.0. The van der Waals surface area contributed by atoms with Crippen molar-refractivity contribution in [1.82, 2.24) is 0 Å². The minimum Gasteiger partial charge on any atom is -0.478 e. The van der Waals surface area contributed by atoms with Crippen LogP contribution in [0.15, 0.2) is 72.8 Å². The van der Waals surface area contributed by atoms with Crippen molar-refractivity contribution in [3.8, 4) is 11.1 Å². The molecule has 304 valence electrons. The second-order valence-corrected chi connectivity index (χ2v) is 12.6. The van der Waals surface area contributed by atoms with Crippen LogP contribution in [0.5, 0.6) is 0 Å². The van der Waals surface area contributed by atoms with Gasteiger partial charge in [0.2, 0.25) is 5.41 Å². The van der Waals surface area contributed by atoms with Gasteiger partial charge in [0, 0.05) is 22.9 Å². The number of hydrogen-bond acceptors (Lipinski definition) is 5. The third-order valence-corrected chi connectivity index (χ3v) is 9.01. The average molecular weight is 823 g/mol. The van der Waals surface area contributed by atoms with Crippen LogP contribution in [0, 0.1) is 5.92 Å². The molecule has 0 radical (unpaired) electrons. The lowest BCUT2D eigenvalue weighted by Gasteiger charge is -2.39. The predicted molar refractivity (Wildman–Crippen MR) is 178 cm³/mol. The summed E-state index contributed by atoms with van der Waals surface area (Å²) in [5, 5.41) is 21.0. The van der Waals surface area contributed by atoms with Crippen LogP contribution in [-0.2, 0) is 17.8 Å². The van der Waals surface area contributed by atoms with Crippen molar-refractivity contribution in [1.29, 1.82) is 0 Å². The second kappa shape index (κ2) is 15.1. The van der Waals surface area contributed by atoms with Gasteiger partial charge in [0.1, 0.15) is 0 Å². The second-order valence-electron chi connectivity index (χ2n) is 12.6. The van der Waals surface area contributed by atoms with E-state index >= 15 is 26.3 Å². The molecule has 0 aliphatic rings. The summed E-state index contributed by atoms with van der Waals surface area (Å²) in [5.74, 6) is -8.06. The number of aromatic carboxylic acids is 2. The van der Waals surface area contributed by atoms with E-state index in [0.29, 0.717) is 30.3 Å². The summed E-state index contributed by atoms with van der Waals surface area (Å²) in [6.07, 6.45) is -23.5. The van der Waals surface area contributed by atoms with E-state index in [1.807, 2.05) is 0 Å². The molecule has 0 saturated carbocycles. The topological polar surface area (TPSA) is 147 Å². The molecule has 57 heavy (non-hydrogen) atoms. The van der Waals surface area contributed by atoms with Crippen LogP contribution in [0.3, 0.4) is 0 Å². The van der Waals surface area contributed by atoms with Gasteiger partial charge < -0.3 is 21.3 Å². The number of rotatable bonds is 10. The molecule has 0 heterocycles. The Labute approximate surface area is 312 Å². The molecule has 4 rings (SSSR count). The molecule has 0 aliphatic carbocycles. The zero-order valence-electron chi connectivity index (χ0n) is 28.9. The number of carbonyl (C=O) groups is 4. The monoisotopic (exact) mass is 822 g/mol. The Morgan fingerprint density at radius 3 is 1.49 bits per heavy atom. The van der Waals surface area contributed by atoms with Crippen LogP contribution in [0.25, 0.3) is 11.1 Å². The first-order chi connectivity index (χ1) is 26.1. The minimum absolute atomic E-state index is 0.00983. The van der Waals surface area contributed by atoms with Gasteiger partial charge in [0.15, 0.2) is 5.78 Å². The van der Waals surface area contributed by atoms with E-state index in [0.717, 1.165) is 6.07 Å². The van der Waals surface area contributed by atoms with Gasteiger partial charge in [0.25, 0.3) is 5.91 Å². The summed E-state index contributed by atoms with van der Waals surface area (Å²) >= 11 is 0. The van der Waals surface area contributed by atoms with Crippen molar-refractivity contribution in [3.63, 3.8) is 0 Å². The normalized spacial score (nSPS) is 13.2. The fraction of sp³-hybridized carbons (Fsp3) is 0.243. The molecule has 0 bridgehead atoms. The van der Waals surface area contributed by atoms with E-state index in [1.165, 1.54) is 13.8 Å². The summed E-state index contributed by atoms with van der Waals surface area (Å²) in [6, 6.07) is 3.71. The number of nitrogens with one attached hydrogen (secondary N) is 1. The van der Waals surface area contributed by atoms with E-state index in [9.17, 15) is 55.7 Å². The Morgan fingerprint density at radius 1 is 0.614 bits per heavy atom. The Morgan fingerprint density at radius 2 is 1.05 bits per heavy atom. The lowest BCUT2D eigenvalue weighted by molar-refractivity contribution is -0.288. The van der Waals surface area contributed by atoms with Gasteiger partial charge in [0.05, 0.1) is 27.8 Å². The molecule has 4 aromatic rings. The third-order valence-electron chi connectivity index (χ3n) is 9.01. The SMILES string of the molecule is CCC(C)C(=O)c1cc(C(c2ccc(C(=O)O)c(C(=O)Nc3ccc(-c4ccc(N)cc4C(F)(F)F)c(C(F)(F)F)c3)c2)(C(F)(F)F)C(F)(F)F)ccc1C(=O)O. The molecule has 0 saturated heterocycles. The van der Waals surface area contributed by atoms with Crippen molar-refractivity contribution in [3.05, 3.63) is 117 Å². The molecule has 4 aromatic carbocycles. The van der Waals surface area contributed by atoms with E-state index in [1.54, 1.807) is 5.32 Å². The number of Topliss-reactive ketones (excluding diaryl/α,β-unsaturated/α-hetero) is 1. The molecular weight excluding hydrogens is 796 g/mol. The molecule has 0 fully saturated rings. The number of amides is 1. The quantitative estimate of drug-likeness (QED) is 0.0707. The first kappa shape index (κ1) is 43.6. The number of anilines is 2. The molecule has 20 heteroatoms. The zero-order valence-corrected chi connectivity index (χ0v) is 28.9. The van der Waals surface area contributed by atoms with E-state index in [-0.39, 0.29) is 42.8 Å². The maximum atomic E-state index is 15.1. The van der Waals surface area contributed by atoms with Crippen LogP contribution in [-0.4, -0.2) is 46.2 Å². The van der Waals surface area contributed by atoms with Gasteiger partial charge >= 0.3 is 36.6 Å². The summed E-state index contributed by atoms with van der Waals surface area (Å²) in [4.78, 5) is 50.4. The van der Waals surface area contributed by atoms with Crippen LogP contribution in [0.4, 0.5) is 64.1 Å². The van der Waals surface area contributed by atoms with Crippen LogP contribution in [0.2, 0.25) is 0 Å². The van der Waals surface area contributed by atoms with Crippen molar-refractivity contribution < 1.29 is 82.1 Å². The highest BCUT2D eigenvalue weighted by atomic mass is 19.4. The maximum Gasteiger partial charge on any atom is 0.417 e. The van der Waals surface area contributed by atoms with Crippen molar-refractivity contribution >= 4 is 35.0 Å². The molecule has 0 spiro atoms. The largest absolute Gasteiger partial charge is 0.478 e. The van der Waals surface area contributed by atoms with Crippen LogP contribution in [0.1, 0.15) is 84.0 Å². The summed E-state index contributed by atoms with van der Waals surface area (Å²) in [6.45, 7) is 2.67. The number of carboxylic acids is 2. The van der Waals surface area contributed by atoms with Crippen molar-refractivity contribution in [2.24, 2.45) is 5.92 Å². The Kier molecular flexibility index (Phi) is 11.6. The van der Waals surface area contributed by atoms with Gasteiger partial charge in [-0.3, -0.25) is 9.59 Å². The number of halogens is 12. The number of carbonyl (C=O) groups excluding carboxylic acids is 2. The van der Waals surface area contributed by atoms with Gasteiger partial charge in [-0.15, -0.1) is 0 Å². The molecule has 0 aromatic heterocycles. The molecule has 1 amide bonds. The Bertz CT molecular complexity index is 2250. The van der Waals surface area contributed by atoms with Crippen LogP contribution >= 0.6 is 0 Å². The highest BCUT2D eigenvalue weighted by molar-refractivity contribution is 6.11. The summed E-state index contributed by atoms with van der Waals surface area (Å²) in [7, 11) is 0. The van der Waals surface area contributed by atoms with Crippen LogP contribution < -0.4 is 11.1 Å². The minimum atomic E-state index is -6.43. The average Bonchev–Trinajstić information content (AvgIpc) is 3.09. The maximum absolute atomic E-state index is 15.1. The Hall–Kier alpha value is -6.08. The standard InChI is InChI=1S/C37H26F12N2O6/c1-3-16(2)29(52)25-12-17(4-8-23(25)31(54)55)33(36(44,45)46,37(47,48)49)18-5-9-24(32(56)57)26(13-18)30(53)51-20-7-11-22(28(15-20)35(41,42)43)21-10-6-19(50)14-27(21)34(38,39)40/h4-16H,3,50H2,1-2H3,(H,51,53)(H,54,55)(H,56,57). The van der Waals surface area contributed by atoms with E-state index < -0.39 is 127 Å². The van der Waals surface area contributed by atoms with Gasteiger partial charge in [-0.05, 0) is 77.2 Å². The van der Waals surface area contributed by atoms with Crippen molar-refractivity contribution in [2.45, 2.75) is 50.4 Å². The number of nitrogens with two attached hydrogens (primary N) is 1. The number of carboxylic acid groups (broad SMARTS) is 2. The Balaban J connectivity index is 1.97. The van der Waals surface area contributed by atoms with Crippen molar-refractivity contribution in [2.75, 3.05) is 11.1 Å². The summed E-state index contributed by atoms with van der Waals surface area (Å²) in [5.41, 5.74) is -15.0. The van der Waals surface area contributed by atoms with E-state index in [2.05, 4.69) is 0 Å². The number of alkyl halides is 12. The first-order valence-electron chi connectivity index (χ1n) is 16.0. The number of hydrogen-bond donors (Lipinski definition) is 4. The number of nitrogen functional groups attached to an aromatic ring is 1. The number of ketones is 1. The zero-order chi connectivity index (χ0) is 43.2.